The highest BCUT2D eigenvalue weighted by Crippen LogP contribution is 2.28. The minimum atomic E-state index is -4.73. The van der Waals surface area contributed by atoms with Gasteiger partial charge < -0.3 is 9.84 Å². The predicted molar refractivity (Wildman–Crippen MR) is 54.3 cm³/mol. The Labute approximate surface area is 97.4 Å². The number of aromatic nitrogens is 1. The average Bonchev–Trinajstić information content (AvgIpc) is 2.10. The van der Waals surface area contributed by atoms with E-state index in [9.17, 15) is 13.2 Å². The summed E-state index contributed by atoms with van der Waals surface area (Å²) >= 11 is 1.78. The summed E-state index contributed by atoms with van der Waals surface area (Å²) in [5, 5.41) is 8.77. The van der Waals surface area contributed by atoms with Gasteiger partial charge >= 0.3 is 6.36 Å². The lowest BCUT2D eigenvalue weighted by Gasteiger charge is -2.12. The summed E-state index contributed by atoms with van der Waals surface area (Å²) in [6.45, 7) is 1.04. The molecule has 0 aliphatic heterocycles. The molecule has 1 rings (SSSR count). The molecule has 0 spiro atoms. The second-order valence-electron chi connectivity index (χ2n) is 2.73. The van der Waals surface area contributed by atoms with Crippen LogP contribution in [0.25, 0.3) is 0 Å². The molecule has 1 N–H and O–H groups in total. The van der Waals surface area contributed by atoms with E-state index in [1.165, 1.54) is 6.92 Å². The molecule has 0 aliphatic carbocycles. The lowest BCUT2D eigenvalue weighted by Crippen LogP contribution is -2.18. The molecule has 1 heterocycles. The highest BCUT2D eigenvalue weighted by molar-refractivity contribution is 14.1. The van der Waals surface area contributed by atoms with Crippen LogP contribution in [-0.2, 0) is 6.61 Å². The standard InChI is InChI=1S/C8H7F3INO2/c1-4-6(15-8(9,10)11)2-5(3-14)13-7(4)12/h2,14H,3H2,1H3. The van der Waals surface area contributed by atoms with E-state index < -0.39 is 13.0 Å². The fourth-order valence-corrected chi connectivity index (χ4v) is 1.49. The van der Waals surface area contributed by atoms with Crippen LogP contribution in [0.15, 0.2) is 6.07 Å². The van der Waals surface area contributed by atoms with E-state index in [2.05, 4.69) is 9.72 Å². The summed E-state index contributed by atoms with van der Waals surface area (Å²) < 4.78 is 40.1. The van der Waals surface area contributed by atoms with Crippen LogP contribution in [-0.4, -0.2) is 16.5 Å². The van der Waals surface area contributed by atoms with E-state index in [1.807, 2.05) is 0 Å². The molecule has 84 valence electrons. The average molecular weight is 333 g/mol. The van der Waals surface area contributed by atoms with Crippen LogP contribution in [0.5, 0.6) is 5.75 Å². The van der Waals surface area contributed by atoms with E-state index in [1.54, 1.807) is 22.6 Å². The van der Waals surface area contributed by atoms with Crippen LogP contribution in [0.1, 0.15) is 11.3 Å². The molecule has 0 amide bonds. The summed E-state index contributed by atoms with van der Waals surface area (Å²) in [6.07, 6.45) is -4.73. The van der Waals surface area contributed by atoms with Crippen molar-refractivity contribution in [2.24, 2.45) is 0 Å². The van der Waals surface area contributed by atoms with Crippen molar-refractivity contribution in [1.82, 2.24) is 4.98 Å². The molecule has 0 saturated carbocycles. The Morgan fingerprint density at radius 1 is 1.53 bits per heavy atom. The number of aliphatic hydroxyl groups excluding tert-OH is 1. The van der Waals surface area contributed by atoms with Gasteiger partial charge in [0.05, 0.1) is 12.3 Å². The third kappa shape index (κ3) is 3.49. The van der Waals surface area contributed by atoms with E-state index in [0.717, 1.165) is 6.07 Å². The van der Waals surface area contributed by atoms with Crippen LogP contribution in [0.2, 0.25) is 0 Å². The maximum absolute atomic E-state index is 12.0. The van der Waals surface area contributed by atoms with Gasteiger partial charge in [0.25, 0.3) is 0 Å². The van der Waals surface area contributed by atoms with Gasteiger partial charge in [0.2, 0.25) is 0 Å². The maximum atomic E-state index is 12.0. The smallest absolute Gasteiger partial charge is 0.405 e. The first-order chi connectivity index (χ1) is 6.83. The van der Waals surface area contributed by atoms with Crippen molar-refractivity contribution in [2.45, 2.75) is 19.9 Å². The maximum Gasteiger partial charge on any atom is 0.573 e. The number of hydrogen-bond donors (Lipinski definition) is 1. The molecular formula is C8H7F3INO2. The lowest BCUT2D eigenvalue weighted by atomic mass is 10.2. The number of pyridine rings is 1. The van der Waals surface area contributed by atoms with Crippen molar-refractivity contribution in [1.29, 1.82) is 0 Å². The van der Waals surface area contributed by atoms with Gasteiger partial charge in [-0.25, -0.2) is 4.98 Å². The monoisotopic (exact) mass is 333 g/mol. The van der Waals surface area contributed by atoms with Gasteiger partial charge in [0, 0.05) is 11.6 Å². The second kappa shape index (κ2) is 4.52. The van der Waals surface area contributed by atoms with Gasteiger partial charge in [-0.3, -0.25) is 0 Å². The Morgan fingerprint density at radius 3 is 2.60 bits per heavy atom. The number of ether oxygens (including phenoxy) is 1. The molecule has 15 heavy (non-hydrogen) atoms. The zero-order valence-electron chi connectivity index (χ0n) is 7.60. The number of nitrogens with zero attached hydrogens (tertiary/aromatic N) is 1. The van der Waals surface area contributed by atoms with Gasteiger partial charge in [0.15, 0.2) is 0 Å². The van der Waals surface area contributed by atoms with Crippen LogP contribution in [0.3, 0.4) is 0 Å². The molecule has 1 aromatic rings. The highest BCUT2D eigenvalue weighted by atomic mass is 127. The van der Waals surface area contributed by atoms with E-state index >= 15 is 0 Å². The quantitative estimate of drug-likeness (QED) is 0.668. The van der Waals surface area contributed by atoms with Crippen LogP contribution >= 0.6 is 22.6 Å². The minimum Gasteiger partial charge on any atom is -0.405 e. The predicted octanol–water partition coefficient (Wildman–Crippen LogP) is 2.39. The molecule has 0 radical (unpaired) electrons. The van der Waals surface area contributed by atoms with Crippen LogP contribution in [0, 0.1) is 10.6 Å². The van der Waals surface area contributed by atoms with Crippen molar-refractivity contribution in [3.05, 3.63) is 21.0 Å². The number of alkyl halides is 3. The Morgan fingerprint density at radius 2 is 2.13 bits per heavy atom. The molecular weight excluding hydrogens is 326 g/mol. The fourth-order valence-electron chi connectivity index (χ4n) is 0.915. The minimum absolute atomic E-state index is 0.143. The first kappa shape index (κ1) is 12.5. The van der Waals surface area contributed by atoms with Crippen molar-refractivity contribution >= 4 is 22.6 Å². The SMILES string of the molecule is Cc1c(OC(F)(F)F)cc(CO)nc1I. The molecule has 0 saturated heterocycles. The Balaban J connectivity index is 3.11. The number of hydrogen-bond acceptors (Lipinski definition) is 3. The molecule has 0 aliphatic rings. The van der Waals surface area contributed by atoms with Crippen molar-refractivity contribution < 1.29 is 23.0 Å². The zero-order valence-corrected chi connectivity index (χ0v) is 9.76. The number of rotatable bonds is 2. The van der Waals surface area contributed by atoms with Gasteiger partial charge in [0.1, 0.15) is 9.45 Å². The van der Waals surface area contributed by atoms with Crippen molar-refractivity contribution in [3.8, 4) is 5.75 Å². The second-order valence-corrected chi connectivity index (χ2v) is 3.76. The molecule has 7 heteroatoms. The van der Waals surface area contributed by atoms with Gasteiger partial charge in [-0.05, 0) is 29.5 Å². The van der Waals surface area contributed by atoms with E-state index in [4.69, 9.17) is 5.11 Å². The molecule has 0 fully saturated rings. The summed E-state index contributed by atoms with van der Waals surface area (Å²) in [4.78, 5) is 3.87. The summed E-state index contributed by atoms with van der Waals surface area (Å²) in [6, 6.07) is 1.07. The van der Waals surface area contributed by atoms with Gasteiger partial charge in [-0.2, -0.15) is 0 Å². The Hall–Kier alpha value is -0.570. The molecule has 0 aromatic carbocycles. The normalized spacial score (nSPS) is 11.6. The summed E-state index contributed by atoms with van der Waals surface area (Å²) in [7, 11) is 0. The largest absolute Gasteiger partial charge is 0.573 e. The van der Waals surface area contributed by atoms with Gasteiger partial charge in [-0.15, -0.1) is 13.2 Å². The Bertz CT molecular complexity index is 368. The molecule has 0 unspecified atom stereocenters. The van der Waals surface area contributed by atoms with Crippen molar-refractivity contribution in [3.63, 3.8) is 0 Å². The van der Waals surface area contributed by atoms with Crippen molar-refractivity contribution in [2.75, 3.05) is 0 Å². The third-order valence-corrected chi connectivity index (χ3v) is 2.66. The first-order valence-corrected chi connectivity index (χ1v) is 4.94. The number of halogens is 4. The lowest BCUT2D eigenvalue weighted by molar-refractivity contribution is -0.274. The highest BCUT2D eigenvalue weighted by Gasteiger charge is 2.32. The number of aliphatic hydroxyl groups is 1. The molecule has 0 atom stereocenters. The Kier molecular flexibility index (Phi) is 3.77. The zero-order chi connectivity index (χ0) is 11.6. The third-order valence-electron chi connectivity index (χ3n) is 1.61. The fraction of sp³-hybridized carbons (Fsp3) is 0.375. The molecule has 0 bridgehead atoms. The molecule has 3 nitrogen and oxygen atoms in total. The first-order valence-electron chi connectivity index (χ1n) is 3.86. The van der Waals surface area contributed by atoms with Gasteiger partial charge in [-0.1, -0.05) is 0 Å². The summed E-state index contributed by atoms with van der Waals surface area (Å²) in [5.41, 5.74) is 0.439. The molecule has 1 aromatic heterocycles. The summed E-state index contributed by atoms with van der Waals surface area (Å²) in [5.74, 6) is -0.328. The van der Waals surface area contributed by atoms with E-state index in [-0.39, 0.29) is 11.4 Å². The van der Waals surface area contributed by atoms with E-state index in [0.29, 0.717) is 9.26 Å². The topological polar surface area (TPSA) is 42.4 Å². The van der Waals surface area contributed by atoms with Crippen LogP contribution in [0.4, 0.5) is 13.2 Å². The van der Waals surface area contributed by atoms with Crippen LogP contribution < -0.4 is 4.74 Å².